The molecule has 1 atom stereocenters. The smallest absolute Gasteiger partial charge is 0.381 e. The molecule has 1 saturated heterocycles. The molecule has 6 nitrogen and oxygen atoms in total. The van der Waals surface area contributed by atoms with Crippen LogP contribution in [0.5, 0.6) is 0 Å². The van der Waals surface area contributed by atoms with Gasteiger partial charge in [0.25, 0.3) is 0 Å². The summed E-state index contributed by atoms with van der Waals surface area (Å²) in [5, 5.41) is 6.01. The zero-order chi connectivity index (χ0) is 24.4. The molecule has 1 aliphatic carbocycles. The first-order valence-corrected chi connectivity index (χ1v) is 12.4. The predicted molar refractivity (Wildman–Crippen MR) is 128 cm³/mol. The van der Waals surface area contributed by atoms with Gasteiger partial charge < -0.3 is 20.3 Å². The highest BCUT2D eigenvalue weighted by Gasteiger charge is 2.35. The Morgan fingerprint density at radius 2 is 2.00 bits per heavy atom. The Hall–Kier alpha value is -2.65. The minimum Gasteiger partial charge on any atom is -0.381 e. The maximum Gasteiger partial charge on any atom is 0.401 e. The first kappa shape index (κ1) is 24.1. The van der Waals surface area contributed by atoms with Crippen LogP contribution in [-0.2, 0) is 16.1 Å². The quantitative estimate of drug-likeness (QED) is 0.613. The number of alkyl halides is 3. The molecule has 2 N–H and O–H groups in total. The number of pyridine rings is 1. The van der Waals surface area contributed by atoms with Crippen LogP contribution in [0.15, 0.2) is 36.5 Å². The van der Waals surface area contributed by atoms with Gasteiger partial charge in [0.1, 0.15) is 5.82 Å². The van der Waals surface area contributed by atoms with Crippen molar-refractivity contribution in [3.8, 4) is 0 Å². The molecule has 5 rings (SSSR count). The van der Waals surface area contributed by atoms with Crippen molar-refractivity contribution >= 4 is 23.1 Å². The lowest BCUT2D eigenvalue weighted by atomic mass is 9.84. The summed E-state index contributed by atoms with van der Waals surface area (Å²) < 4.78 is 43.4. The summed E-state index contributed by atoms with van der Waals surface area (Å²) in [6, 6.07) is 9.83. The van der Waals surface area contributed by atoms with E-state index in [0.29, 0.717) is 44.8 Å². The van der Waals surface area contributed by atoms with Crippen molar-refractivity contribution in [3.05, 3.63) is 47.7 Å². The number of nitrogens with one attached hydrogen (secondary N) is 2. The van der Waals surface area contributed by atoms with E-state index < -0.39 is 12.7 Å². The van der Waals surface area contributed by atoms with E-state index >= 15 is 0 Å². The van der Waals surface area contributed by atoms with E-state index in [4.69, 9.17) is 4.74 Å². The molecular formula is C26H31F3N4O2. The Balaban J connectivity index is 1.38. The Bertz CT molecular complexity index is 1050. The molecule has 2 fully saturated rings. The summed E-state index contributed by atoms with van der Waals surface area (Å²) in [7, 11) is 0. The number of ether oxygens (including phenoxy) is 1. The number of hydrogen-bond donors (Lipinski definition) is 2. The molecule has 2 aliphatic heterocycles. The minimum atomic E-state index is -4.22. The number of anilines is 3. The maximum atomic E-state index is 13.8. The van der Waals surface area contributed by atoms with Crippen molar-refractivity contribution in [1.29, 1.82) is 0 Å². The molecule has 1 aromatic heterocycles. The average Bonchev–Trinajstić information content (AvgIpc) is 3.04. The van der Waals surface area contributed by atoms with Gasteiger partial charge in [-0.15, -0.1) is 0 Å². The summed E-state index contributed by atoms with van der Waals surface area (Å²) >= 11 is 0. The van der Waals surface area contributed by atoms with E-state index in [1.54, 1.807) is 6.20 Å². The van der Waals surface area contributed by atoms with E-state index in [1.807, 2.05) is 23.1 Å². The minimum absolute atomic E-state index is 0.0241. The van der Waals surface area contributed by atoms with Gasteiger partial charge in [-0.2, -0.15) is 13.2 Å². The summed E-state index contributed by atoms with van der Waals surface area (Å²) in [6.07, 6.45) is 1.84. The van der Waals surface area contributed by atoms with Crippen molar-refractivity contribution in [2.24, 2.45) is 5.92 Å². The molecular weight excluding hydrogens is 457 g/mol. The second-order valence-corrected chi connectivity index (χ2v) is 9.80. The van der Waals surface area contributed by atoms with Gasteiger partial charge in [-0.1, -0.05) is 12.1 Å². The molecule has 188 valence electrons. The van der Waals surface area contributed by atoms with E-state index in [-0.39, 0.29) is 17.9 Å². The normalized spacial score (nSPS) is 24.7. The van der Waals surface area contributed by atoms with Crippen LogP contribution in [0.3, 0.4) is 0 Å². The summed E-state index contributed by atoms with van der Waals surface area (Å²) in [5.41, 5.74) is 3.74. The van der Waals surface area contributed by atoms with E-state index in [9.17, 15) is 18.0 Å². The van der Waals surface area contributed by atoms with Gasteiger partial charge in [-0.3, -0.25) is 4.79 Å². The van der Waals surface area contributed by atoms with Gasteiger partial charge in [-0.05, 0) is 62.3 Å². The fourth-order valence-electron chi connectivity index (χ4n) is 5.42. The zero-order valence-corrected chi connectivity index (χ0v) is 19.6. The number of benzene rings is 1. The number of nitrogens with zero attached hydrogens (tertiary/aromatic N) is 2. The van der Waals surface area contributed by atoms with Gasteiger partial charge in [0.05, 0.1) is 31.1 Å². The Kier molecular flexibility index (Phi) is 6.98. The number of halogens is 3. The molecule has 0 spiro atoms. The van der Waals surface area contributed by atoms with Gasteiger partial charge in [0.2, 0.25) is 5.91 Å². The van der Waals surface area contributed by atoms with Crippen molar-refractivity contribution in [1.82, 2.24) is 10.3 Å². The highest BCUT2D eigenvalue weighted by molar-refractivity contribution is 5.99. The Morgan fingerprint density at radius 1 is 1.17 bits per heavy atom. The molecule has 0 bridgehead atoms. The zero-order valence-electron chi connectivity index (χ0n) is 19.6. The Morgan fingerprint density at radius 3 is 2.74 bits per heavy atom. The molecule has 1 amide bonds. The molecule has 2 aromatic rings. The SMILES string of the molecule is O=C(C1CCC(NCC(F)(F)F)CC1)N1Cc2cccnc2Nc2ccc([C@@H]3CCCOC3)cc21. The number of aromatic nitrogens is 1. The van der Waals surface area contributed by atoms with Crippen LogP contribution in [0.4, 0.5) is 30.4 Å². The number of amides is 1. The highest BCUT2D eigenvalue weighted by Crippen LogP contribution is 2.40. The molecule has 0 unspecified atom stereocenters. The molecule has 1 saturated carbocycles. The Labute approximate surface area is 203 Å². The first-order chi connectivity index (χ1) is 16.9. The monoisotopic (exact) mass is 488 g/mol. The topological polar surface area (TPSA) is 66.5 Å². The largest absolute Gasteiger partial charge is 0.401 e. The van der Waals surface area contributed by atoms with Crippen molar-refractivity contribution in [2.75, 3.05) is 30.0 Å². The molecule has 3 aliphatic rings. The number of fused-ring (bicyclic) bond motifs is 2. The number of carbonyl (C=O) groups is 1. The molecule has 35 heavy (non-hydrogen) atoms. The van der Waals surface area contributed by atoms with E-state index in [1.165, 1.54) is 0 Å². The van der Waals surface area contributed by atoms with Gasteiger partial charge in [-0.25, -0.2) is 4.98 Å². The van der Waals surface area contributed by atoms with Crippen molar-refractivity contribution in [2.45, 2.75) is 63.2 Å². The van der Waals surface area contributed by atoms with Crippen LogP contribution in [0.1, 0.15) is 55.6 Å². The summed E-state index contributed by atoms with van der Waals surface area (Å²) in [6.45, 7) is 0.879. The number of hydrogen-bond acceptors (Lipinski definition) is 5. The maximum absolute atomic E-state index is 13.8. The van der Waals surface area contributed by atoms with Crippen LogP contribution < -0.4 is 15.5 Å². The number of rotatable bonds is 4. The molecule has 9 heteroatoms. The standard InChI is InChI=1S/C26H31F3N4O2/c27-26(28,29)16-31-21-8-5-17(6-9-21)25(34)33-14-19-3-1-11-30-24(19)32-22-10-7-18(13-23(22)33)20-4-2-12-35-15-20/h1,3,7,10-11,13,17,20-21,31H,2,4-6,8-9,12,14-16H2,(H,30,32)/t17?,20-,21?/m1/s1. The van der Waals surface area contributed by atoms with Gasteiger partial charge in [0, 0.05) is 36.2 Å². The van der Waals surface area contributed by atoms with Crippen LogP contribution in [0.25, 0.3) is 0 Å². The summed E-state index contributed by atoms with van der Waals surface area (Å²) in [4.78, 5) is 20.2. The fourth-order valence-corrected chi connectivity index (χ4v) is 5.42. The highest BCUT2D eigenvalue weighted by atomic mass is 19.4. The van der Waals surface area contributed by atoms with Crippen molar-refractivity contribution in [3.63, 3.8) is 0 Å². The van der Waals surface area contributed by atoms with E-state index in [0.717, 1.165) is 47.8 Å². The van der Waals surface area contributed by atoms with E-state index in [2.05, 4.69) is 27.8 Å². The molecule has 3 heterocycles. The third kappa shape index (κ3) is 5.62. The first-order valence-electron chi connectivity index (χ1n) is 12.4. The van der Waals surface area contributed by atoms with Crippen LogP contribution in [0.2, 0.25) is 0 Å². The number of carbonyl (C=O) groups excluding carboxylic acids is 1. The fraction of sp³-hybridized carbons (Fsp3) is 0.538. The van der Waals surface area contributed by atoms with Crippen LogP contribution in [-0.4, -0.2) is 42.9 Å². The second kappa shape index (κ2) is 10.1. The van der Waals surface area contributed by atoms with Crippen molar-refractivity contribution < 1.29 is 22.7 Å². The lowest BCUT2D eigenvalue weighted by molar-refractivity contribution is -0.128. The lowest BCUT2D eigenvalue weighted by Gasteiger charge is -2.33. The van der Waals surface area contributed by atoms with Gasteiger partial charge >= 0.3 is 6.18 Å². The van der Waals surface area contributed by atoms with Gasteiger partial charge in [0.15, 0.2) is 0 Å². The third-order valence-electron chi connectivity index (χ3n) is 7.35. The molecule has 0 radical (unpaired) electrons. The lowest BCUT2D eigenvalue weighted by Crippen LogP contribution is -2.42. The third-order valence-corrected chi connectivity index (χ3v) is 7.35. The van der Waals surface area contributed by atoms with Crippen LogP contribution in [0, 0.1) is 5.92 Å². The second-order valence-electron chi connectivity index (χ2n) is 9.80. The molecule has 1 aromatic carbocycles. The average molecular weight is 489 g/mol. The summed E-state index contributed by atoms with van der Waals surface area (Å²) in [5.74, 6) is 0.838. The predicted octanol–water partition coefficient (Wildman–Crippen LogP) is 5.28. The van der Waals surface area contributed by atoms with Crippen LogP contribution >= 0.6 is 0 Å².